The zero-order valence-electron chi connectivity index (χ0n) is 13.5. The Kier molecular flexibility index (Phi) is 8.43. The quantitative estimate of drug-likeness (QED) is 0.398. The third-order valence-corrected chi connectivity index (χ3v) is 4.43. The summed E-state index contributed by atoms with van der Waals surface area (Å²) in [5, 5.41) is 9.44. The van der Waals surface area contributed by atoms with Crippen molar-refractivity contribution in [1.29, 1.82) is 0 Å². The Labute approximate surface area is 129 Å². The Bertz CT molecular complexity index is 437. The largest absolute Gasteiger partial charge is 0.527 e. The summed E-state index contributed by atoms with van der Waals surface area (Å²) in [6.07, 6.45) is 4.00. The molecule has 1 rings (SSSR count). The molecule has 0 aliphatic heterocycles. The molecule has 0 saturated carbocycles. The molecular formula is C16H26N2O2Si. The fourth-order valence-electron chi connectivity index (χ4n) is 1.84. The van der Waals surface area contributed by atoms with E-state index in [-0.39, 0.29) is 0 Å². The highest BCUT2D eigenvalue weighted by Crippen LogP contribution is 2.00. The van der Waals surface area contributed by atoms with Crippen molar-refractivity contribution in [2.45, 2.75) is 53.4 Å². The number of hydrogen-bond acceptors (Lipinski definition) is 4. The number of hydrogen-bond donors (Lipinski definition) is 0. The first-order valence-electron chi connectivity index (χ1n) is 7.60. The van der Waals surface area contributed by atoms with Crippen molar-refractivity contribution in [2.24, 2.45) is 10.3 Å². The molecule has 0 radical (unpaired) electrons. The van der Waals surface area contributed by atoms with Crippen LogP contribution in [-0.4, -0.2) is 20.7 Å². The summed E-state index contributed by atoms with van der Waals surface area (Å²) in [5.74, 6) is 0. The highest BCUT2D eigenvalue weighted by Gasteiger charge is 2.20. The van der Waals surface area contributed by atoms with Gasteiger partial charge in [-0.3, -0.25) is 0 Å². The molecule has 116 valence electrons. The predicted molar refractivity (Wildman–Crippen MR) is 91.4 cm³/mol. The smallest absolute Gasteiger partial charge is 0.406 e. The lowest BCUT2D eigenvalue weighted by atomic mass is 10.2. The van der Waals surface area contributed by atoms with E-state index >= 15 is 0 Å². The summed E-state index contributed by atoms with van der Waals surface area (Å²) in [7, 11) is -2.13. The average Bonchev–Trinajstić information content (AvgIpc) is 2.49. The van der Waals surface area contributed by atoms with Crippen LogP contribution in [0.5, 0.6) is 0 Å². The van der Waals surface area contributed by atoms with Crippen molar-refractivity contribution in [1.82, 2.24) is 0 Å². The Balaban J connectivity index is 2.76. The maximum Gasteiger partial charge on any atom is 0.527 e. The standard InChI is InChI=1S/C16H26N2O2Si/c1-5-10-14(3)17-19-21(16-12-8-7-9-13-16)20-18-15(4)11-6-2/h7-9,12-13,21H,5-6,10-11H2,1-4H3. The molecule has 1 aromatic rings. The van der Waals surface area contributed by atoms with E-state index in [2.05, 4.69) is 24.2 Å². The van der Waals surface area contributed by atoms with Gasteiger partial charge in [0.2, 0.25) is 0 Å². The van der Waals surface area contributed by atoms with E-state index in [9.17, 15) is 0 Å². The van der Waals surface area contributed by atoms with E-state index in [1.165, 1.54) is 0 Å². The highest BCUT2D eigenvalue weighted by molar-refractivity contribution is 6.61. The molecule has 1 aromatic carbocycles. The molecule has 0 aromatic heterocycles. The van der Waals surface area contributed by atoms with Crippen LogP contribution in [0.15, 0.2) is 40.6 Å². The molecule has 0 unspecified atom stereocenters. The molecule has 0 N–H and O–H groups in total. The van der Waals surface area contributed by atoms with Gasteiger partial charge in [-0.15, -0.1) is 10.3 Å². The highest BCUT2D eigenvalue weighted by atomic mass is 28.3. The Morgan fingerprint density at radius 1 is 0.905 bits per heavy atom. The summed E-state index contributed by atoms with van der Waals surface area (Å²) in [6.45, 7) is 8.21. The van der Waals surface area contributed by atoms with Gasteiger partial charge in [0.05, 0.1) is 11.4 Å². The first kappa shape index (κ1) is 17.4. The van der Waals surface area contributed by atoms with Crippen LogP contribution in [0.2, 0.25) is 0 Å². The van der Waals surface area contributed by atoms with Gasteiger partial charge in [0, 0.05) is 5.19 Å². The minimum atomic E-state index is -2.13. The van der Waals surface area contributed by atoms with Gasteiger partial charge >= 0.3 is 9.28 Å². The van der Waals surface area contributed by atoms with Gasteiger partial charge in [0.15, 0.2) is 0 Å². The van der Waals surface area contributed by atoms with Crippen molar-refractivity contribution < 1.29 is 9.05 Å². The van der Waals surface area contributed by atoms with Crippen LogP contribution in [-0.2, 0) is 9.05 Å². The van der Waals surface area contributed by atoms with Crippen LogP contribution in [0.3, 0.4) is 0 Å². The molecule has 0 atom stereocenters. The van der Waals surface area contributed by atoms with Crippen molar-refractivity contribution in [3.05, 3.63) is 30.3 Å². The zero-order valence-corrected chi connectivity index (χ0v) is 14.7. The second kappa shape index (κ2) is 10.2. The third kappa shape index (κ3) is 7.08. The number of benzene rings is 1. The van der Waals surface area contributed by atoms with E-state index < -0.39 is 9.28 Å². The summed E-state index contributed by atoms with van der Waals surface area (Å²) < 4.78 is 11.3. The summed E-state index contributed by atoms with van der Waals surface area (Å²) >= 11 is 0. The molecule has 0 heterocycles. The van der Waals surface area contributed by atoms with E-state index in [0.717, 1.165) is 42.3 Å². The lowest BCUT2D eigenvalue weighted by Gasteiger charge is -2.12. The van der Waals surface area contributed by atoms with Gasteiger partial charge in [-0.1, -0.05) is 57.0 Å². The van der Waals surface area contributed by atoms with E-state index in [0.29, 0.717) is 0 Å². The molecule has 4 nitrogen and oxygen atoms in total. The molecule has 0 amide bonds. The second-order valence-corrected chi connectivity index (χ2v) is 6.86. The van der Waals surface area contributed by atoms with Gasteiger partial charge in [0.25, 0.3) is 0 Å². The zero-order chi connectivity index (χ0) is 15.5. The maximum absolute atomic E-state index is 5.67. The van der Waals surface area contributed by atoms with E-state index in [1.807, 2.05) is 44.2 Å². The SMILES string of the molecule is CCCC(C)=NO[SiH](ON=C(C)CCC)c1ccccc1. The number of nitrogens with zero attached hydrogens (tertiary/aromatic N) is 2. The number of oxime groups is 2. The molecule has 0 saturated heterocycles. The van der Waals surface area contributed by atoms with Gasteiger partial charge in [0.1, 0.15) is 0 Å². The molecule has 0 aliphatic carbocycles. The van der Waals surface area contributed by atoms with Gasteiger partial charge in [-0.2, -0.15) is 0 Å². The van der Waals surface area contributed by atoms with Crippen LogP contribution in [0.25, 0.3) is 0 Å². The van der Waals surface area contributed by atoms with Gasteiger partial charge in [-0.25, -0.2) is 0 Å². The molecular weight excluding hydrogens is 280 g/mol. The molecule has 0 aliphatic rings. The van der Waals surface area contributed by atoms with Crippen molar-refractivity contribution in [2.75, 3.05) is 0 Å². The Hall–Kier alpha value is -1.62. The normalized spacial score (nSPS) is 13.9. The first-order chi connectivity index (χ1) is 10.2. The van der Waals surface area contributed by atoms with E-state index in [4.69, 9.17) is 9.05 Å². The molecule has 5 heteroatoms. The monoisotopic (exact) mass is 306 g/mol. The lowest BCUT2D eigenvalue weighted by molar-refractivity contribution is 0.222. The lowest BCUT2D eigenvalue weighted by Crippen LogP contribution is -2.34. The molecule has 0 bridgehead atoms. The van der Waals surface area contributed by atoms with Crippen LogP contribution in [0.4, 0.5) is 0 Å². The summed E-state index contributed by atoms with van der Waals surface area (Å²) in [4.78, 5) is 0. The van der Waals surface area contributed by atoms with Crippen molar-refractivity contribution >= 4 is 25.9 Å². The average molecular weight is 306 g/mol. The third-order valence-electron chi connectivity index (χ3n) is 2.90. The summed E-state index contributed by atoms with van der Waals surface area (Å²) in [6, 6.07) is 9.95. The predicted octanol–water partition coefficient (Wildman–Crippen LogP) is 3.50. The van der Waals surface area contributed by atoms with Gasteiger partial charge in [-0.05, 0) is 26.7 Å². The fraction of sp³-hybridized carbons (Fsp3) is 0.500. The topological polar surface area (TPSA) is 43.2 Å². The van der Waals surface area contributed by atoms with Crippen LogP contribution >= 0.6 is 0 Å². The molecule has 0 spiro atoms. The van der Waals surface area contributed by atoms with E-state index in [1.54, 1.807) is 0 Å². The molecule has 21 heavy (non-hydrogen) atoms. The second-order valence-electron chi connectivity index (χ2n) is 5.11. The minimum absolute atomic E-state index is 0.939. The minimum Gasteiger partial charge on any atom is -0.406 e. The van der Waals surface area contributed by atoms with Crippen LogP contribution < -0.4 is 5.19 Å². The van der Waals surface area contributed by atoms with Crippen LogP contribution in [0, 0.1) is 0 Å². The first-order valence-corrected chi connectivity index (χ1v) is 9.12. The van der Waals surface area contributed by atoms with Crippen molar-refractivity contribution in [3.8, 4) is 0 Å². The maximum atomic E-state index is 5.67. The van der Waals surface area contributed by atoms with Crippen LogP contribution in [0.1, 0.15) is 53.4 Å². The fourth-order valence-corrected chi connectivity index (χ4v) is 3.21. The number of rotatable bonds is 9. The molecule has 0 fully saturated rings. The van der Waals surface area contributed by atoms with Gasteiger partial charge < -0.3 is 9.05 Å². The Morgan fingerprint density at radius 3 is 1.81 bits per heavy atom. The Morgan fingerprint density at radius 2 is 1.38 bits per heavy atom. The van der Waals surface area contributed by atoms with Crippen molar-refractivity contribution in [3.63, 3.8) is 0 Å². The summed E-state index contributed by atoms with van der Waals surface area (Å²) in [5.41, 5.74) is 1.98.